The zero-order chi connectivity index (χ0) is 19.7. The SMILES string of the molecule is CC(O)(CO)c1ccnc(-c2ccnc3cc(Cc4ccccc4Cl)sc23)c1. The smallest absolute Gasteiger partial charge is 0.110 e. The molecule has 0 bridgehead atoms. The summed E-state index contributed by atoms with van der Waals surface area (Å²) in [5, 5.41) is 20.6. The van der Waals surface area contributed by atoms with Gasteiger partial charge in [-0.1, -0.05) is 29.8 Å². The molecule has 0 spiro atoms. The van der Waals surface area contributed by atoms with Crippen LogP contribution in [-0.2, 0) is 12.0 Å². The molecule has 3 aromatic heterocycles. The van der Waals surface area contributed by atoms with Crippen molar-refractivity contribution in [2.45, 2.75) is 18.9 Å². The Morgan fingerprint density at radius 1 is 1.07 bits per heavy atom. The van der Waals surface area contributed by atoms with Crippen LogP contribution in [0.4, 0.5) is 0 Å². The first-order valence-corrected chi connectivity index (χ1v) is 10.1. The lowest BCUT2D eigenvalue weighted by atomic mass is 9.96. The third-order valence-electron chi connectivity index (χ3n) is 4.75. The summed E-state index contributed by atoms with van der Waals surface area (Å²) in [5.41, 5.74) is 3.00. The molecule has 2 N–H and O–H groups in total. The highest BCUT2D eigenvalue weighted by Gasteiger charge is 2.23. The summed E-state index contributed by atoms with van der Waals surface area (Å²) in [6.45, 7) is 1.23. The molecule has 4 rings (SSSR count). The number of pyridine rings is 2. The molecular formula is C22H19ClN2O2S. The van der Waals surface area contributed by atoms with Gasteiger partial charge in [-0.3, -0.25) is 9.97 Å². The Morgan fingerprint density at radius 3 is 2.64 bits per heavy atom. The van der Waals surface area contributed by atoms with E-state index in [1.165, 1.54) is 4.88 Å². The third-order valence-corrected chi connectivity index (χ3v) is 6.28. The highest BCUT2D eigenvalue weighted by Crippen LogP contribution is 2.35. The van der Waals surface area contributed by atoms with E-state index in [0.29, 0.717) is 5.56 Å². The molecule has 6 heteroatoms. The standard InChI is InChI=1S/C22H19ClN2O2S/c1-22(27,13-26)15-6-8-24-19(11-15)17-7-9-25-20-12-16(28-21(17)20)10-14-4-2-3-5-18(14)23/h2-9,11-12,26-27H,10,13H2,1H3. The largest absolute Gasteiger partial charge is 0.393 e. The van der Waals surface area contributed by atoms with Crippen molar-refractivity contribution in [3.63, 3.8) is 0 Å². The van der Waals surface area contributed by atoms with E-state index in [0.717, 1.165) is 38.5 Å². The molecular weight excluding hydrogens is 392 g/mol. The molecule has 0 aliphatic carbocycles. The van der Waals surface area contributed by atoms with Crippen molar-refractivity contribution in [3.8, 4) is 11.3 Å². The molecule has 4 aromatic rings. The van der Waals surface area contributed by atoms with E-state index in [-0.39, 0.29) is 6.61 Å². The number of hydrogen-bond donors (Lipinski definition) is 2. The van der Waals surface area contributed by atoms with E-state index in [1.807, 2.05) is 36.4 Å². The number of aromatic nitrogens is 2. The van der Waals surface area contributed by atoms with Crippen LogP contribution in [0.2, 0.25) is 5.02 Å². The fourth-order valence-electron chi connectivity index (χ4n) is 3.11. The first kappa shape index (κ1) is 19.0. The molecule has 4 nitrogen and oxygen atoms in total. The number of fused-ring (bicyclic) bond motifs is 1. The van der Waals surface area contributed by atoms with Crippen LogP contribution in [0.5, 0.6) is 0 Å². The van der Waals surface area contributed by atoms with E-state index in [2.05, 4.69) is 16.0 Å². The maximum absolute atomic E-state index is 10.4. The maximum atomic E-state index is 10.4. The van der Waals surface area contributed by atoms with Gasteiger partial charge in [-0.25, -0.2) is 0 Å². The monoisotopic (exact) mass is 410 g/mol. The average molecular weight is 411 g/mol. The molecule has 1 unspecified atom stereocenters. The van der Waals surface area contributed by atoms with Gasteiger partial charge in [0.1, 0.15) is 5.60 Å². The van der Waals surface area contributed by atoms with Crippen molar-refractivity contribution in [3.05, 3.63) is 82.0 Å². The zero-order valence-electron chi connectivity index (χ0n) is 15.3. The highest BCUT2D eigenvalue weighted by atomic mass is 35.5. The Hall–Kier alpha value is -2.31. The number of thiophene rings is 1. The average Bonchev–Trinajstić information content (AvgIpc) is 3.12. The summed E-state index contributed by atoms with van der Waals surface area (Å²) in [7, 11) is 0. The van der Waals surface area contributed by atoms with Crippen LogP contribution in [0.15, 0.2) is 60.9 Å². The van der Waals surface area contributed by atoms with Crippen molar-refractivity contribution in [1.82, 2.24) is 9.97 Å². The normalized spacial score (nSPS) is 13.6. The topological polar surface area (TPSA) is 66.2 Å². The zero-order valence-corrected chi connectivity index (χ0v) is 16.8. The van der Waals surface area contributed by atoms with Crippen molar-refractivity contribution in [2.75, 3.05) is 6.61 Å². The predicted molar refractivity (Wildman–Crippen MR) is 114 cm³/mol. The molecule has 0 aliphatic heterocycles. The van der Waals surface area contributed by atoms with Crippen LogP contribution in [0.25, 0.3) is 21.5 Å². The molecule has 1 aromatic carbocycles. The second-order valence-electron chi connectivity index (χ2n) is 6.92. The summed E-state index contributed by atoms with van der Waals surface area (Å²) in [5.74, 6) is 0. The van der Waals surface area contributed by atoms with Gasteiger partial charge in [-0.2, -0.15) is 0 Å². The minimum absolute atomic E-state index is 0.358. The van der Waals surface area contributed by atoms with Crippen molar-refractivity contribution in [1.29, 1.82) is 0 Å². The van der Waals surface area contributed by atoms with Crippen LogP contribution in [-0.4, -0.2) is 26.8 Å². The number of rotatable bonds is 5. The number of benzene rings is 1. The fourth-order valence-corrected chi connectivity index (χ4v) is 4.47. The van der Waals surface area contributed by atoms with Gasteiger partial charge in [0.25, 0.3) is 0 Å². The number of nitrogens with zero attached hydrogens (tertiary/aromatic N) is 2. The first-order chi connectivity index (χ1) is 13.5. The third kappa shape index (κ3) is 3.66. The minimum Gasteiger partial charge on any atom is -0.393 e. The highest BCUT2D eigenvalue weighted by molar-refractivity contribution is 7.19. The van der Waals surface area contributed by atoms with E-state index >= 15 is 0 Å². The molecule has 0 saturated carbocycles. The van der Waals surface area contributed by atoms with Crippen LogP contribution < -0.4 is 0 Å². The van der Waals surface area contributed by atoms with Gasteiger partial charge in [0.2, 0.25) is 0 Å². The Morgan fingerprint density at radius 2 is 1.86 bits per heavy atom. The van der Waals surface area contributed by atoms with Gasteiger partial charge in [-0.05, 0) is 48.4 Å². The first-order valence-electron chi connectivity index (χ1n) is 8.89. The van der Waals surface area contributed by atoms with Gasteiger partial charge < -0.3 is 10.2 Å². The lowest BCUT2D eigenvalue weighted by Crippen LogP contribution is -2.25. The van der Waals surface area contributed by atoms with Gasteiger partial charge in [0.15, 0.2) is 0 Å². The summed E-state index contributed by atoms with van der Waals surface area (Å²) in [4.78, 5) is 10.1. The Labute approximate surface area is 172 Å². The van der Waals surface area contributed by atoms with E-state index < -0.39 is 5.60 Å². The lowest BCUT2D eigenvalue weighted by molar-refractivity contribution is -0.00230. The van der Waals surface area contributed by atoms with Crippen LogP contribution in [0.1, 0.15) is 22.9 Å². The van der Waals surface area contributed by atoms with Crippen LogP contribution in [0, 0.1) is 0 Å². The van der Waals surface area contributed by atoms with Crippen molar-refractivity contribution in [2.24, 2.45) is 0 Å². The maximum Gasteiger partial charge on any atom is 0.110 e. The summed E-state index contributed by atoms with van der Waals surface area (Å²) in [6, 6.07) is 15.4. The van der Waals surface area contributed by atoms with Crippen molar-refractivity contribution >= 4 is 33.2 Å². The molecule has 0 aliphatic rings. The Bertz CT molecular complexity index is 1140. The van der Waals surface area contributed by atoms with E-state index in [9.17, 15) is 10.2 Å². The number of hydrogen-bond acceptors (Lipinski definition) is 5. The molecule has 0 amide bonds. The van der Waals surface area contributed by atoms with Crippen LogP contribution >= 0.6 is 22.9 Å². The van der Waals surface area contributed by atoms with Crippen molar-refractivity contribution < 1.29 is 10.2 Å². The summed E-state index contributed by atoms with van der Waals surface area (Å²) < 4.78 is 1.04. The number of aliphatic hydroxyl groups is 2. The second-order valence-corrected chi connectivity index (χ2v) is 8.46. The van der Waals surface area contributed by atoms with E-state index in [1.54, 1.807) is 36.7 Å². The quantitative estimate of drug-likeness (QED) is 0.495. The minimum atomic E-state index is -1.31. The molecule has 0 fully saturated rings. The molecule has 1 atom stereocenters. The van der Waals surface area contributed by atoms with Gasteiger partial charge >= 0.3 is 0 Å². The summed E-state index contributed by atoms with van der Waals surface area (Å²) in [6.07, 6.45) is 4.16. The molecule has 142 valence electrons. The number of halogens is 1. The predicted octanol–water partition coefficient (Wildman–Crippen LogP) is 4.80. The van der Waals surface area contributed by atoms with Gasteiger partial charge in [0, 0.05) is 34.3 Å². The lowest BCUT2D eigenvalue weighted by Gasteiger charge is -2.21. The van der Waals surface area contributed by atoms with Gasteiger partial charge in [-0.15, -0.1) is 11.3 Å². The number of aliphatic hydroxyl groups excluding tert-OH is 1. The summed E-state index contributed by atoms with van der Waals surface area (Å²) >= 11 is 7.98. The molecule has 0 radical (unpaired) electrons. The van der Waals surface area contributed by atoms with Gasteiger partial charge in [0.05, 0.1) is 22.5 Å². The molecule has 0 saturated heterocycles. The van der Waals surface area contributed by atoms with Crippen LogP contribution in [0.3, 0.4) is 0 Å². The fraction of sp³-hybridized carbons (Fsp3) is 0.182. The molecule has 28 heavy (non-hydrogen) atoms. The second kappa shape index (κ2) is 7.60. The Balaban J connectivity index is 1.76. The molecule has 3 heterocycles. The van der Waals surface area contributed by atoms with E-state index in [4.69, 9.17) is 11.6 Å². The Kier molecular flexibility index (Phi) is 5.17.